The van der Waals surface area contributed by atoms with E-state index < -0.39 is 144 Å². The molecule has 0 fully saturated rings. The van der Waals surface area contributed by atoms with Gasteiger partial charge in [0.2, 0.25) is 0 Å². The summed E-state index contributed by atoms with van der Waals surface area (Å²) in [6.45, 7) is 0.410. The molecule has 0 saturated heterocycles. The monoisotopic (exact) mass is 909 g/mol. The third-order valence-electron chi connectivity index (χ3n) is 9.12. The molecule has 5 nitrogen and oxygen atoms in total. The molecule has 26 heteroatoms. The van der Waals surface area contributed by atoms with Gasteiger partial charge in [-0.3, -0.25) is 15.1 Å². The van der Waals surface area contributed by atoms with Crippen LogP contribution in [-0.4, -0.2) is 16.1 Å². The second-order valence-electron chi connectivity index (χ2n) is 12.5. The summed E-state index contributed by atoms with van der Waals surface area (Å²) in [7, 11) is 0. The van der Waals surface area contributed by atoms with Crippen LogP contribution in [-0.2, 0) is 13.1 Å². The molecule has 1 heterocycles. The van der Waals surface area contributed by atoms with E-state index in [0.717, 1.165) is 5.56 Å². The molecule has 0 amide bonds. The van der Waals surface area contributed by atoms with Crippen molar-refractivity contribution in [3.63, 3.8) is 0 Å². The maximum atomic E-state index is 15.4. The highest BCUT2D eigenvalue weighted by Crippen LogP contribution is 2.30. The van der Waals surface area contributed by atoms with E-state index in [-0.39, 0.29) is 11.5 Å². The van der Waals surface area contributed by atoms with Crippen molar-refractivity contribution in [3.8, 4) is 0 Å². The van der Waals surface area contributed by atoms with Gasteiger partial charge in [-0.05, 0) is 0 Å². The van der Waals surface area contributed by atoms with E-state index >= 15 is 35.1 Å². The summed E-state index contributed by atoms with van der Waals surface area (Å²) >= 11 is 0. The zero-order chi connectivity index (χ0) is 46.4. The lowest BCUT2D eigenvalue weighted by Crippen LogP contribution is -2.81. The first kappa shape index (κ1) is 46.3. The molecule has 0 radical (unpaired) electrons. The normalized spacial score (nSPS) is 11.5. The van der Waals surface area contributed by atoms with Crippen LogP contribution in [0.4, 0.5) is 87.8 Å². The van der Waals surface area contributed by atoms with Crippen molar-refractivity contribution >= 4 is 28.0 Å². The molecule has 0 aliphatic heterocycles. The van der Waals surface area contributed by atoms with Crippen LogP contribution < -0.4 is 26.4 Å². The summed E-state index contributed by atoms with van der Waals surface area (Å²) in [5.41, 5.74) is -12.6. The second kappa shape index (κ2) is 17.3. The first-order valence-corrected chi connectivity index (χ1v) is 16.2. The Labute approximate surface area is 330 Å². The van der Waals surface area contributed by atoms with Crippen molar-refractivity contribution in [3.05, 3.63) is 187 Å². The molecular formula is C36H12BF20N3O2. The Kier molecular flexibility index (Phi) is 12.9. The number of rotatable bonds is 8. The van der Waals surface area contributed by atoms with Crippen molar-refractivity contribution in [2.24, 2.45) is 0 Å². The number of aromatic nitrogens is 2. The summed E-state index contributed by atoms with van der Waals surface area (Å²) in [5, 5.41) is 10.5. The van der Waals surface area contributed by atoms with E-state index in [1.807, 2.05) is 34.9 Å². The Balaban J connectivity index is 0.000000355. The highest BCUT2D eigenvalue weighted by atomic mass is 19.2. The fourth-order valence-electron chi connectivity index (χ4n) is 6.49. The molecule has 0 N–H and O–H groups in total. The van der Waals surface area contributed by atoms with Gasteiger partial charge < -0.3 is 0 Å². The number of nitrogens with zero attached hydrogens (tertiary/aromatic N) is 3. The van der Waals surface area contributed by atoms with Crippen LogP contribution in [0.2, 0.25) is 0 Å². The van der Waals surface area contributed by atoms with Gasteiger partial charge in [0.25, 0.3) is 12.2 Å². The molecule has 0 saturated carbocycles. The van der Waals surface area contributed by atoms with Crippen molar-refractivity contribution < 1.29 is 97.3 Å². The van der Waals surface area contributed by atoms with Crippen LogP contribution >= 0.6 is 0 Å². The zero-order valence-corrected chi connectivity index (χ0v) is 29.3. The fourth-order valence-corrected chi connectivity index (χ4v) is 6.49. The van der Waals surface area contributed by atoms with Gasteiger partial charge in [-0.1, -0.05) is 30.3 Å². The number of hydrogen-bond acceptors (Lipinski definition) is 3. The third-order valence-corrected chi connectivity index (χ3v) is 9.12. The average molecular weight is 909 g/mol. The van der Waals surface area contributed by atoms with E-state index in [2.05, 4.69) is 4.98 Å². The van der Waals surface area contributed by atoms with Crippen LogP contribution in [0.5, 0.6) is 0 Å². The second-order valence-corrected chi connectivity index (χ2v) is 12.5. The Morgan fingerprint density at radius 1 is 0.452 bits per heavy atom. The van der Waals surface area contributed by atoms with Gasteiger partial charge in [0.15, 0.2) is 82.5 Å². The molecular weight excluding hydrogens is 897 g/mol. The Morgan fingerprint density at radius 3 is 1.00 bits per heavy atom. The number of hydrogen-bond donors (Lipinski definition) is 0. The van der Waals surface area contributed by atoms with Gasteiger partial charge in [-0.15, -0.1) is 21.9 Å². The molecule has 326 valence electrons. The molecule has 0 spiro atoms. The number of halogens is 20. The molecule has 0 aliphatic carbocycles. The molecule has 0 atom stereocenters. The zero-order valence-electron chi connectivity index (χ0n) is 29.3. The highest BCUT2D eigenvalue weighted by Gasteiger charge is 2.52. The van der Waals surface area contributed by atoms with Crippen molar-refractivity contribution in [2.75, 3.05) is 0 Å². The largest absolute Gasteiger partial charge is 0.287 e. The molecule has 0 unspecified atom stereocenters. The average Bonchev–Trinajstić information content (AvgIpc) is 3.24. The summed E-state index contributed by atoms with van der Waals surface area (Å²) < 4.78 is 296. The van der Waals surface area contributed by atoms with Gasteiger partial charge in [0.1, 0.15) is 58.9 Å². The smallest absolute Gasteiger partial charge is 0.264 e. The summed E-state index contributed by atoms with van der Waals surface area (Å²) in [5.74, 6) is -71.4. The van der Waals surface area contributed by atoms with Crippen LogP contribution in [0.1, 0.15) is 11.3 Å². The molecule has 1 aromatic heterocycles. The fraction of sp³-hybridized carbons (Fsp3) is 0.0556. The van der Waals surface area contributed by atoms with E-state index in [4.69, 9.17) is 0 Å². The van der Waals surface area contributed by atoms with Gasteiger partial charge in [0, 0.05) is 10.5 Å². The molecule has 6 rings (SSSR count). The van der Waals surface area contributed by atoms with Crippen LogP contribution in [0.3, 0.4) is 0 Å². The minimum absolute atomic E-state index is 0.208. The number of nitro groups is 1. The van der Waals surface area contributed by atoms with E-state index in [1.54, 1.807) is 12.4 Å². The highest BCUT2D eigenvalue weighted by molar-refractivity contribution is 7.20. The first-order valence-electron chi connectivity index (χ1n) is 16.2. The van der Waals surface area contributed by atoms with E-state index in [9.17, 15) is 62.8 Å². The van der Waals surface area contributed by atoms with Gasteiger partial charge in [0.05, 0.1) is 6.20 Å². The van der Waals surface area contributed by atoms with Crippen LogP contribution in [0.15, 0.2) is 48.9 Å². The number of benzene rings is 5. The quantitative estimate of drug-likeness (QED) is 0.0314. The topological polar surface area (TPSA) is 59.9 Å². The van der Waals surface area contributed by atoms with Crippen molar-refractivity contribution in [1.29, 1.82) is 0 Å². The molecule has 6 aromatic rings. The predicted molar refractivity (Wildman–Crippen MR) is 170 cm³/mol. The minimum atomic E-state index is -7.22. The maximum absolute atomic E-state index is 15.4. The Bertz CT molecular complexity index is 2410. The lowest BCUT2D eigenvalue weighted by molar-refractivity contribution is -0.709. The van der Waals surface area contributed by atoms with E-state index in [0.29, 0.717) is 12.2 Å². The minimum Gasteiger partial charge on any atom is -0.264 e. The Morgan fingerprint density at radius 2 is 0.726 bits per heavy atom. The van der Waals surface area contributed by atoms with Gasteiger partial charge in [-0.2, -0.15) is 4.57 Å². The Hall–Kier alpha value is -6.76. The van der Waals surface area contributed by atoms with Gasteiger partial charge in [-0.25, -0.2) is 87.8 Å². The van der Waals surface area contributed by atoms with Gasteiger partial charge >= 0.3 is 0 Å². The molecule has 62 heavy (non-hydrogen) atoms. The molecule has 5 aromatic carbocycles. The lowest BCUT2D eigenvalue weighted by atomic mass is 9.12. The van der Waals surface area contributed by atoms with E-state index in [1.165, 1.54) is 6.20 Å². The summed E-state index contributed by atoms with van der Waals surface area (Å²) in [4.78, 5) is 14.1. The van der Waals surface area contributed by atoms with Crippen LogP contribution in [0.25, 0.3) is 0 Å². The van der Waals surface area contributed by atoms with Crippen molar-refractivity contribution in [2.45, 2.75) is 13.1 Å². The lowest BCUT2D eigenvalue weighted by Gasteiger charge is -2.44. The summed E-state index contributed by atoms with van der Waals surface area (Å²) in [6.07, 6.45) is -2.30. The molecule has 0 aliphatic rings. The van der Waals surface area contributed by atoms with Crippen LogP contribution in [0, 0.1) is 126 Å². The van der Waals surface area contributed by atoms with Crippen molar-refractivity contribution in [1.82, 2.24) is 4.98 Å². The first-order chi connectivity index (χ1) is 29.0. The standard InChI is InChI=1S/C24BF20.C12H12N3O2/c26-5-1(6(27)14(35)21(42)13(5)34)25(2-7(28)15(36)22(43)16(37)8(2)29,3-9(30)17(38)23(44)18(39)10(3)31)4-11(32)19(40)24(45)20(41)12(4)33;16-15(17)10-12-8-13-6-7-14(12)9-11-4-2-1-3-5-11/h;1-8H,9-10H2/q-1;+1. The summed E-state index contributed by atoms with van der Waals surface area (Å²) in [6, 6.07) is 9.82. The third kappa shape index (κ3) is 7.39. The predicted octanol–water partition coefficient (Wildman–Crippen LogP) is 7.04. The molecule has 0 bridgehead atoms. The maximum Gasteiger partial charge on any atom is 0.287 e. The SMILES string of the molecule is Fc1c(F)c(F)c([B-](c2c(F)c(F)c(F)c(F)c2F)(c2c(F)c(F)c(F)c(F)c2F)c2c(F)c(F)c(F)c(F)c2F)c(F)c1F.O=[N+]([O-])Cc1cncc[n+]1Cc1ccccc1.